The van der Waals surface area contributed by atoms with Gasteiger partial charge in [0.2, 0.25) is 0 Å². The van der Waals surface area contributed by atoms with E-state index in [1.54, 1.807) is 0 Å². The molecule has 0 aromatic heterocycles. The minimum absolute atomic E-state index is 0.125. The van der Waals surface area contributed by atoms with Crippen molar-refractivity contribution in [3.8, 4) is 0 Å². The number of aryl methyl sites for hydroxylation is 1. The Morgan fingerprint density at radius 1 is 0.958 bits per heavy atom. The summed E-state index contributed by atoms with van der Waals surface area (Å²) in [6.45, 7) is 6.85. The minimum Gasteiger partial charge on any atom is -0.395 e. The van der Waals surface area contributed by atoms with Crippen molar-refractivity contribution in [3.05, 3.63) is 35.4 Å². The standard InChI is InChI=1S/C18H29N3O3/c1-16-5-7-17(8-6-16)13-20(3)11-9-19(2)10-12-21(4)14-18(23)24-15-22/h5-8,15H,9-14H2,1-4H3. The molecule has 0 bridgehead atoms. The van der Waals surface area contributed by atoms with Crippen molar-refractivity contribution in [2.24, 2.45) is 0 Å². The van der Waals surface area contributed by atoms with Gasteiger partial charge in [-0.15, -0.1) is 0 Å². The average molecular weight is 335 g/mol. The smallest absolute Gasteiger partial charge is 0.327 e. The Bertz CT molecular complexity index is 505. The van der Waals surface area contributed by atoms with Crippen LogP contribution >= 0.6 is 0 Å². The summed E-state index contributed by atoms with van der Waals surface area (Å²) in [5.74, 6) is -0.520. The summed E-state index contributed by atoms with van der Waals surface area (Å²) in [6.07, 6.45) is 0. The Morgan fingerprint density at radius 3 is 2.08 bits per heavy atom. The highest BCUT2D eigenvalue weighted by molar-refractivity contribution is 5.78. The summed E-state index contributed by atoms with van der Waals surface area (Å²) in [5, 5.41) is 0. The Labute approximate surface area is 145 Å². The first kappa shape index (κ1) is 20.3. The molecule has 0 aliphatic rings. The molecule has 6 nitrogen and oxygen atoms in total. The molecule has 0 aliphatic heterocycles. The summed E-state index contributed by atoms with van der Waals surface area (Å²) >= 11 is 0. The minimum atomic E-state index is -0.520. The molecular formula is C18H29N3O3. The van der Waals surface area contributed by atoms with E-state index in [4.69, 9.17) is 0 Å². The highest BCUT2D eigenvalue weighted by Gasteiger charge is 2.09. The summed E-state index contributed by atoms with van der Waals surface area (Å²) in [6, 6.07) is 8.62. The lowest BCUT2D eigenvalue weighted by molar-refractivity contribution is -0.152. The number of ether oxygens (including phenoxy) is 1. The molecule has 1 aromatic rings. The van der Waals surface area contributed by atoms with Gasteiger partial charge in [-0.2, -0.15) is 0 Å². The number of likely N-dealkylation sites (N-methyl/N-ethyl adjacent to an activating group) is 3. The fraction of sp³-hybridized carbons (Fsp3) is 0.556. The first-order chi connectivity index (χ1) is 11.4. The lowest BCUT2D eigenvalue weighted by atomic mass is 10.1. The van der Waals surface area contributed by atoms with Crippen LogP contribution in [0.3, 0.4) is 0 Å². The number of rotatable bonds is 11. The van der Waals surface area contributed by atoms with Crippen LogP contribution in [0, 0.1) is 6.92 Å². The summed E-state index contributed by atoms with van der Waals surface area (Å²) in [5.41, 5.74) is 2.60. The number of benzene rings is 1. The third-order valence-electron chi connectivity index (χ3n) is 3.88. The third kappa shape index (κ3) is 8.76. The van der Waals surface area contributed by atoms with Gasteiger partial charge in [0.05, 0.1) is 6.54 Å². The van der Waals surface area contributed by atoms with E-state index in [1.807, 2.05) is 11.9 Å². The number of hydrogen-bond donors (Lipinski definition) is 0. The second kappa shape index (κ2) is 10.9. The molecule has 0 radical (unpaired) electrons. The van der Waals surface area contributed by atoms with Crippen LogP contribution < -0.4 is 0 Å². The van der Waals surface area contributed by atoms with Gasteiger partial charge in [0.15, 0.2) is 0 Å². The molecule has 6 heteroatoms. The fourth-order valence-electron chi connectivity index (χ4n) is 2.27. The van der Waals surface area contributed by atoms with Gasteiger partial charge in [-0.25, -0.2) is 0 Å². The maximum atomic E-state index is 11.2. The lowest BCUT2D eigenvalue weighted by Crippen LogP contribution is -2.37. The van der Waals surface area contributed by atoms with Crippen LogP contribution in [0.25, 0.3) is 0 Å². The lowest BCUT2D eigenvalue weighted by Gasteiger charge is -2.24. The van der Waals surface area contributed by atoms with Gasteiger partial charge in [-0.3, -0.25) is 14.5 Å². The van der Waals surface area contributed by atoms with E-state index in [2.05, 4.69) is 59.8 Å². The molecule has 0 unspecified atom stereocenters. The van der Waals surface area contributed by atoms with E-state index in [0.29, 0.717) is 0 Å². The normalized spacial score (nSPS) is 11.3. The molecule has 0 saturated heterocycles. The van der Waals surface area contributed by atoms with Crippen molar-refractivity contribution < 1.29 is 14.3 Å². The zero-order valence-corrected chi connectivity index (χ0v) is 15.2. The predicted molar refractivity (Wildman–Crippen MR) is 94.7 cm³/mol. The third-order valence-corrected chi connectivity index (χ3v) is 3.88. The van der Waals surface area contributed by atoms with Crippen molar-refractivity contribution in [2.75, 3.05) is 53.9 Å². The molecular weight excluding hydrogens is 306 g/mol. The Morgan fingerprint density at radius 2 is 1.50 bits per heavy atom. The molecule has 24 heavy (non-hydrogen) atoms. The average Bonchev–Trinajstić information content (AvgIpc) is 2.53. The van der Waals surface area contributed by atoms with Crippen LogP contribution in [-0.4, -0.2) is 81.0 Å². The van der Waals surface area contributed by atoms with Crippen LogP contribution in [0.1, 0.15) is 11.1 Å². The number of carbonyl (C=O) groups is 2. The van der Waals surface area contributed by atoms with Gasteiger partial charge in [0.1, 0.15) is 0 Å². The molecule has 1 rings (SSSR count). The largest absolute Gasteiger partial charge is 0.395 e. The van der Waals surface area contributed by atoms with Gasteiger partial charge < -0.3 is 14.5 Å². The number of carbonyl (C=O) groups excluding carboxylic acids is 2. The molecule has 0 fully saturated rings. The van der Waals surface area contributed by atoms with Gasteiger partial charge in [-0.05, 0) is 33.6 Å². The highest BCUT2D eigenvalue weighted by Crippen LogP contribution is 2.05. The maximum absolute atomic E-state index is 11.2. The second-order valence-electron chi connectivity index (χ2n) is 6.35. The zero-order valence-electron chi connectivity index (χ0n) is 15.2. The van der Waals surface area contributed by atoms with Crippen LogP contribution in [0.15, 0.2) is 24.3 Å². The summed E-state index contributed by atoms with van der Waals surface area (Å²) in [7, 11) is 6.02. The first-order valence-corrected chi connectivity index (χ1v) is 8.15. The highest BCUT2D eigenvalue weighted by atomic mass is 16.6. The van der Waals surface area contributed by atoms with Crippen molar-refractivity contribution in [3.63, 3.8) is 0 Å². The molecule has 0 atom stereocenters. The molecule has 0 spiro atoms. The number of hydrogen-bond acceptors (Lipinski definition) is 6. The van der Waals surface area contributed by atoms with Crippen LogP contribution in [0.4, 0.5) is 0 Å². The van der Waals surface area contributed by atoms with E-state index >= 15 is 0 Å². The number of esters is 1. The fourth-order valence-corrected chi connectivity index (χ4v) is 2.27. The molecule has 0 heterocycles. The van der Waals surface area contributed by atoms with E-state index < -0.39 is 5.97 Å². The van der Waals surface area contributed by atoms with Gasteiger partial charge in [0, 0.05) is 32.7 Å². The first-order valence-electron chi connectivity index (χ1n) is 8.15. The Hall–Kier alpha value is -1.76. The van der Waals surface area contributed by atoms with Gasteiger partial charge >= 0.3 is 12.4 Å². The molecule has 0 saturated carbocycles. The monoisotopic (exact) mass is 335 g/mol. The van der Waals surface area contributed by atoms with Gasteiger partial charge in [-0.1, -0.05) is 29.8 Å². The van der Waals surface area contributed by atoms with Crippen LogP contribution in [0.5, 0.6) is 0 Å². The topological polar surface area (TPSA) is 53.1 Å². The predicted octanol–water partition coefficient (Wildman–Crippen LogP) is 0.990. The molecule has 0 aliphatic carbocycles. The van der Waals surface area contributed by atoms with E-state index in [1.165, 1.54) is 11.1 Å². The molecule has 1 aromatic carbocycles. The molecule has 0 N–H and O–H groups in total. The molecule has 0 amide bonds. The summed E-state index contributed by atoms with van der Waals surface area (Å²) < 4.78 is 4.28. The summed E-state index contributed by atoms with van der Waals surface area (Å²) in [4.78, 5) is 27.7. The Kier molecular flexibility index (Phi) is 9.22. The van der Waals surface area contributed by atoms with E-state index in [0.717, 1.165) is 32.7 Å². The SMILES string of the molecule is Cc1ccc(CN(C)CCN(C)CCN(C)CC(=O)OC=O)cc1. The second-order valence-corrected chi connectivity index (χ2v) is 6.35. The van der Waals surface area contributed by atoms with Gasteiger partial charge in [0.25, 0.3) is 0 Å². The van der Waals surface area contributed by atoms with Crippen LogP contribution in [0.2, 0.25) is 0 Å². The van der Waals surface area contributed by atoms with E-state index in [-0.39, 0.29) is 13.0 Å². The molecule has 134 valence electrons. The maximum Gasteiger partial charge on any atom is 0.327 e. The van der Waals surface area contributed by atoms with Crippen molar-refractivity contribution in [1.82, 2.24) is 14.7 Å². The van der Waals surface area contributed by atoms with Crippen molar-refractivity contribution in [1.29, 1.82) is 0 Å². The zero-order chi connectivity index (χ0) is 17.9. The Balaban J connectivity index is 2.20. The van der Waals surface area contributed by atoms with Crippen LogP contribution in [-0.2, 0) is 20.9 Å². The quantitative estimate of drug-likeness (QED) is 0.341. The van der Waals surface area contributed by atoms with Crippen molar-refractivity contribution >= 4 is 12.4 Å². The van der Waals surface area contributed by atoms with E-state index in [9.17, 15) is 9.59 Å². The number of nitrogens with zero attached hydrogens (tertiary/aromatic N) is 3. The van der Waals surface area contributed by atoms with Crippen molar-refractivity contribution in [2.45, 2.75) is 13.5 Å².